The minimum atomic E-state index is -0.0573. The predicted molar refractivity (Wildman–Crippen MR) is 99.8 cm³/mol. The van der Waals surface area contributed by atoms with Crippen LogP contribution < -0.4 is 11.1 Å². The van der Waals surface area contributed by atoms with E-state index in [1.807, 2.05) is 6.92 Å². The molecule has 1 aliphatic rings. The number of piperidine rings is 1. The fourth-order valence-corrected chi connectivity index (χ4v) is 3.28. The lowest BCUT2D eigenvalue weighted by atomic mass is 9.97. The lowest BCUT2D eigenvalue weighted by Gasteiger charge is -2.37. The predicted octanol–water partition coefficient (Wildman–Crippen LogP) is 3.95. The van der Waals surface area contributed by atoms with Crippen LogP contribution in [0.4, 0.5) is 5.69 Å². The maximum absolute atomic E-state index is 12.1. The Morgan fingerprint density at radius 2 is 2.17 bits per heavy atom. The van der Waals surface area contributed by atoms with Crippen LogP contribution in [0.5, 0.6) is 0 Å². The summed E-state index contributed by atoms with van der Waals surface area (Å²) in [5.41, 5.74) is 6.61. The highest BCUT2D eigenvalue weighted by Gasteiger charge is 2.25. The molecular formula is C16H24Cl3N3O. The summed E-state index contributed by atoms with van der Waals surface area (Å²) in [6.45, 7) is 3.77. The largest absolute Gasteiger partial charge is 0.327 e. The van der Waals surface area contributed by atoms with Crippen molar-refractivity contribution in [1.29, 1.82) is 0 Å². The van der Waals surface area contributed by atoms with Crippen LogP contribution in [0.15, 0.2) is 18.2 Å². The van der Waals surface area contributed by atoms with Crippen LogP contribution in [-0.4, -0.2) is 36.0 Å². The maximum Gasteiger partial charge on any atom is 0.225 e. The molecule has 0 bridgehead atoms. The molecule has 2 unspecified atom stereocenters. The van der Waals surface area contributed by atoms with Crippen LogP contribution in [0.2, 0.25) is 10.0 Å². The number of hydrogen-bond acceptors (Lipinski definition) is 3. The van der Waals surface area contributed by atoms with Gasteiger partial charge in [-0.2, -0.15) is 0 Å². The van der Waals surface area contributed by atoms with Gasteiger partial charge in [-0.25, -0.2) is 0 Å². The van der Waals surface area contributed by atoms with Gasteiger partial charge in [-0.15, -0.1) is 12.4 Å². The van der Waals surface area contributed by atoms with Gasteiger partial charge in [-0.05, 0) is 44.5 Å². The summed E-state index contributed by atoms with van der Waals surface area (Å²) < 4.78 is 0. The van der Waals surface area contributed by atoms with E-state index in [9.17, 15) is 4.79 Å². The van der Waals surface area contributed by atoms with E-state index in [4.69, 9.17) is 28.9 Å². The second-order valence-corrected chi connectivity index (χ2v) is 6.72. The van der Waals surface area contributed by atoms with E-state index in [-0.39, 0.29) is 24.4 Å². The Hall–Kier alpha value is -0.520. The summed E-state index contributed by atoms with van der Waals surface area (Å²) in [4.78, 5) is 14.5. The number of halogens is 3. The molecule has 1 aromatic rings. The number of rotatable bonds is 5. The third-order valence-corrected chi connectivity index (χ3v) is 4.66. The molecule has 7 heteroatoms. The molecule has 23 heavy (non-hydrogen) atoms. The normalized spacial score (nSPS) is 19.7. The van der Waals surface area contributed by atoms with E-state index in [0.29, 0.717) is 28.2 Å². The monoisotopic (exact) mass is 379 g/mol. The fourth-order valence-electron chi connectivity index (χ4n) is 2.94. The Balaban J connectivity index is 0.00000264. The first-order chi connectivity index (χ1) is 10.5. The quantitative estimate of drug-likeness (QED) is 0.813. The van der Waals surface area contributed by atoms with Crippen molar-refractivity contribution in [3.63, 3.8) is 0 Å². The molecule has 0 spiro atoms. The average molecular weight is 381 g/mol. The van der Waals surface area contributed by atoms with Gasteiger partial charge in [0.1, 0.15) is 0 Å². The molecule has 1 fully saturated rings. The first kappa shape index (κ1) is 20.5. The Kier molecular flexibility index (Phi) is 8.65. The van der Waals surface area contributed by atoms with Crippen molar-refractivity contribution in [3.05, 3.63) is 28.2 Å². The standard InChI is InChI=1S/C16H23Cl2N3O.ClH/c1-11(19)15-4-2-3-8-21(15)9-7-16(22)20-14-10-12(17)5-6-13(14)18;/h5-6,10-11,15H,2-4,7-9,19H2,1H3,(H,20,22);1H. The van der Waals surface area contributed by atoms with Gasteiger partial charge >= 0.3 is 0 Å². The molecule has 4 nitrogen and oxygen atoms in total. The maximum atomic E-state index is 12.1. The molecule has 2 atom stereocenters. The van der Waals surface area contributed by atoms with Gasteiger partial charge in [0.25, 0.3) is 0 Å². The number of carbonyl (C=O) groups excluding carboxylic acids is 1. The minimum Gasteiger partial charge on any atom is -0.327 e. The number of anilines is 1. The van der Waals surface area contributed by atoms with Crippen molar-refractivity contribution >= 4 is 47.2 Å². The van der Waals surface area contributed by atoms with Crippen LogP contribution >= 0.6 is 35.6 Å². The smallest absolute Gasteiger partial charge is 0.225 e. The lowest BCUT2D eigenvalue weighted by molar-refractivity contribution is -0.116. The van der Waals surface area contributed by atoms with Crippen molar-refractivity contribution in [2.24, 2.45) is 5.73 Å². The average Bonchev–Trinajstić information content (AvgIpc) is 2.49. The number of nitrogens with two attached hydrogens (primary N) is 1. The van der Waals surface area contributed by atoms with Gasteiger partial charge in [0.05, 0.1) is 10.7 Å². The third-order valence-electron chi connectivity index (χ3n) is 4.10. The number of nitrogens with zero attached hydrogens (tertiary/aromatic N) is 1. The molecule has 0 aromatic heterocycles. The van der Waals surface area contributed by atoms with Crippen molar-refractivity contribution in [3.8, 4) is 0 Å². The van der Waals surface area contributed by atoms with Crippen molar-refractivity contribution in [1.82, 2.24) is 4.90 Å². The fraction of sp³-hybridized carbons (Fsp3) is 0.562. The third kappa shape index (κ3) is 6.12. The Morgan fingerprint density at radius 1 is 1.43 bits per heavy atom. The van der Waals surface area contributed by atoms with E-state index < -0.39 is 0 Å². The van der Waals surface area contributed by atoms with E-state index in [1.54, 1.807) is 18.2 Å². The number of benzene rings is 1. The highest BCUT2D eigenvalue weighted by molar-refractivity contribution is 6.35. The summed E-state index contributed by atoms with van der Waals surface area (Å²) in [5.74, 6) is -0.0573. The molecule has 1 heterocycles. The first-order valence-corrected chi connectivity index (χ1v) is 8.47. The SMILES string of the molecule is CC(N)C1CCCCN1CCC(=O)Nc1cc(Cl)ccc1Cl.Cl. The molecule has 1 aromatic carbocycles. The number of carbonyl (C=O) groups is 1. The zero-order chi connectivity index (χ0) is 16.1. The van der Waals surface area contributed by atoms with E-state index in [2.05, 4.69) is 10.2 Å². The summed E-state index contributed by atoms with van der Waals surface area (Å²) in [5, 5.41) is 3.86. The van der Waals surface area contributed by atoms with Crippen molar-refractivity contribution in [2.75, 3.05) is 18.4 Å². The number of nitrogens with one attached hydrogen (secondary N) is 1. The van der Waals surface area contributed by atoms with Crippen LogP contribution in [0.1, 0.15) is 32.6 Å². The molecule has 2 rings (SSSR count). The lowest BCUT2D eigenvalue weighted by Crippen LogP contribution is -2.49. The van der Waals surface area contributed by atoms with Crippen molar-refractivity contribution in [2.45, 2.75) is 44.7 Å². The van der Waals surface area contributed by atoms with Crippen LogP contribution in [0.25, 0.3) is 0 Å². The van der Waals surface area contributed by atoms with Gasteiger partial charge in [0, 0.05) is 30.1 Å². The van der Waals surface area contributed by atoms with Gasteiger partial charge in [-0.3, -0.25) is 9.69 Å². The zero-order valence-electron chi connectivity index (χ0n) is 13.2. The van der Waals surface area contributed by atoms with Crippen molar-refractivity contribution < 1.29 is 4.79 Å². The van der Waals surface area contributed by atoms with E-state index >= 15 is 0 Å². The van der Waals surface area contributed by atoms with E-state index in [1.165, 1.54) is 12.8 Å². The van der Waals surface area contributed by atoms with Gasteiger partial charge in [0.2, 0.25) is 5.91 Å². The molecule has 130 valence electrons. The number of likely N-dealkylation sites (tertiary alicyclic amines) is 1. The summed E-state index contributed by atoms with van der Waals surface area (Å²) in [6.07, 6.45) is 3.92. The topological polar surface area (TPSA) is 58.4 Å². The molecule has 0 radical (unpaired) electrons. The molecule has 0 aliphatic carbocycles. The van der Waals surface area contributed by atoms with Crippen LogP contribution in [-0.2, 0) is 4.79 Å². The van der Waals surface area contributed by atoms with Crippen LogP contribution in [0, 0.1) is 0 Å². The zero-order valence-corrected chi connectivity index (χ0v) is 15.6. The molecule has 1 amide bonds. The van der Waals surface area contributed by atoms with E-state index in [0.717, 1.165) is 19.5 Å². The van der Waals surface area contributed by atoms with Gasteiger partial charge < -0.3 is 11.1 Å². The summed E-state index contributed by atoms with van der Waals surface area (Å²) in [6, 6.07) is 5.53. The molecule has 3 N–H and O–H groups in total. The first-order valence-electron chi connectivity index (χ1n) is 7.72. The van der Waals surface area contributed by atoms with Crippen LogP contribution in [0.3, 0.4) is 0 Å². The number of hydrogen-bond donors (Lipinski definition) is 2. The van der Waals surface area contributed by atoms with Gasteiger partial charge in [-0.1, -0.05) is 29.6 Å². The summed E-state index contributed by atoms with van der Waals surface area (Å²) in [7, 11) is 0. The Labute approximate surface area is 154 Å². The summed E-state index contributed by atoms with van der Waals surface area (Å²) >= 11 is 12.0. The molecule has 0 saturated carbocycles. The van der Waals surface area contributed by atoms with Gasteiger partial charge in [0.15, 0.2) is 0 Å². The Morgan fingerprint density at radius 3 is 2.87 bits per heavy atom. The second kappa shape index (κ2) is 9.70. The highest BCUT2D eigenvalue weighted by Crippen LogP contribution is 2.25. The minimum absolute atomic E-state index is 0. The second-order valence-electron chi connectivity index (χ2n) is 5.88. The molecular weight excluding hydrogens is 357 g/mol. The molecule has 1 aliphatic heterocycles. The molecule has 1 saturated heterocycles. The Bertz CT molecular complexity index is 525. The number of amides is 1. The highest BCUT2D eigenvalue weighted by atomic mass is 35.5.